The number of aromatic nitrogens is 1. The van der Waals surface area contributed by atoms with Crippen LogP contribution in [0, 0.1) is 5.92 Å². The van der Waals surface area contributed by atoms with Crippen LogP contribution in [-0.2, 0) is 11.3 Å². The molecule has 6 heteroatoms. The summed E-state index contributed by atoms with van der Waals surface area (Å²) in [5.41, 5.74) is 2.48. The maximum atomic E-state index is 12.5. The number of rotatable bonds is 7. The summed E-state index contributed by atoms with van der Waals surface area (Å²) in [6, 6.07) is 12.4. The van der Waals surface area contributed by atoms with E-state index in [1.54, 1.807) is 18.2 Å². The van der Waals surface area contributed by atoms with Crippen LogP contribution in [0.15, 0.2) is 48.7 Å². The van der Waals surface area contributed by atoms with Gasteiger partial charge in [-0.3, -0.25) is 0 Å². The van der Waals surface area contributed by atoms with Crippen LogP contribution in [0.5, 0.6) is 5.75 Å². The molecule has 1 heterocycles. The highest BCUT2D eigenvalue weighted by Gasteiger charge is 2.18. The molecule has 3 aromatic rings. The van der Waals surface area contributed by atoms with Crippen LogP contribution in [0.25, 0.3) is 10.9 Å². The summed E-state index contributed by atoms with van der Waals surface area (Å²) in [4.78, 5) is 23.7. The van der Waals surface area contributed by atoms with Crippen molar-refractivity contribution >= 4 is 22.8 Å². The van der Waals surface area contributed by atoms with Gasteiger partial charge in [0, 0.05) is 17.3 Å². The molecule has 4 rings (SSSR count). The molecule has 1 aromatic heterocycles. The number of carbonyl (C=O) groups excluding carboxylic acids is 1. The number of methoxy groups -OCH3 is 1. The summed E-state index contributed by atoms with van der Waals surface area (Å²) in [5.74, 6) is -0.279. The fraction of sp³-hybridized carbons (Fsp3) is 0.333. The van der Waals surface area contributed by atoms with Crippen molar-refractivity contribution in [3.63, 3.8) is 0 Å². The third-order valence-electron chi connectivity index (χ3n) is 5.81. The second kappa shape index (κ2) is 8.61. The highest BCUT2D eigenvalue weighted by molar-refractivity contribution is 5.94. The molecule has 0 bridgehead atoms. The van der Waals surface area contributed by atoms with Gasteiger partial charge in [0.05, 0.1) is 31.4 Å². The minimum atomic E-state index is -0.993. The van der Waals surface area contributed by atoms with Crippen LogP contribution in [0.2, 0.25) is 0 Å². The fourth-order valence-corrected chi connectivity index (χ4v) is 4.09. The number of carboxylic acid groups (broad SMARTS) is 1. The molecule has 156 valence electrons. The van der Waals surface area contributed by atoms with E-state index in [1.165, 1.54) is 26.0 Å². The maximum absolute atomic E-state index is 12.5. The Labute approximate surface area is 175 Å². The molecule has 0 spiro atoms. The predicted octanol–water partition coefficient (Wildman–Crippen LogP) is 4.74. The largest absolute Gasteiger partial charge is 0.496 e. The number of benzene rings is 2. The first-order chi connectivity index (χ1) is 14.5. The Balaban J connectivity index is 1.55. The number of carboxylic acids is 1. The molecule has 1 fully saturated rings. The van der Waals surface area contributed by atoms with Crippen molar-refractivity contribution in [1.29, 1.82) is 0 Å². The van der Waals surface area contributed by atoms with Gasteiger partial charge in [-0.25, -0.2) is 9.59 Å². The van der Waals surface area contributed by atoms with Crippen LogP contribution in [0.4, 0.5) is 0 Å². The molecule has 0 amide bonds. The van der Waals surface area contributed by atoms with Gasteiger partial charge in [0.2, 0.25) is 0 Å². The molecule has 0 unspecified atom stereocenters. The molecule has 0 atom stereocenters. The molecule has 30 heavy (non-hydrogen) atoms. The van der Waals surface area contributed by atoms with E-state index in [4.69, 9.17) is 9.47 Å². The van der Waals surface area contributed by atoms with Crippen molar-refractivity contribution in [2.75, 3.05) is 13.7 Å². The van der Waals surface area contributed by atoms with Crippen LogP contribution in [0.1, 0.15) is 52.0 Å². The Kier molecular flexibility index (Phi) is 5.74. The average molecular weight is 407 g/mol. The van der Waals surface area contributed by atoms with Gasteiger partial charge in [-0.2, -0.15) is 0 Å². The lowest BCUT2D eigenvalue weighted by Crippen LogP contribution is -2.12. The molecule has 2 aromatic carbocycles. The Morgan fingerprint density at radius 3 is 2.57 bits per heavy atom. The Bertz CT molecular complexity index is 1080. The van der Waals surface area contributed by atoms with E-state index >= 15 is 0 Å². The topological polar surface area (TPSA) is 77.8 Å². The van der Waals surface area contributed by atoms with Crippen molar-refractivity contribution in [2.24, 2.45) is 5.92 Å². The third-order valence-corrected chi connectivity index (χ3v) is 5.81. The van der Waals surface area contributed by atoms with Gasteiger partial charge in [-0.1, -0.05) is 25.0 Å². The minimum Gasteiger partial charge on any atom is -0.496 e. The maximum Gasteiger partial charge on any atom is 0.338 e. The zero-order chi connectivity index (χ0) is 21.1. The van der Waals surface area contributed by atoms with Gasteiger partial charge in [-0.05, 0) is 54.5 Å². The van der Waals surface area contributed by atoms with Crippen LogP contribution < -0.4 is 4.74 Å². The van der Waals surface area contributed by atoms with Crippen molar-refractivity contribution in [2.45, 2.75) is 32.2 Å². The van der Waals surface area contributed by atoms with Gasteiger partial charge in [-0.15, -0.1) is 0 Å². The molecule has 1 aliphatic rings. The summed E-state index contributed by atoms with van der Waals surface area (Å²) in [6.45, 7) is 0.984. The summed E-state index contributed by atoms with van der Waals surface area (Å²) >= 11 is 0. The van der Waals surface area contributed by atoms with Gasteiger partial charge >= 0.3 is 11.9 Å². The predicted molar refractivity (Wildman–Crippen MR) is 113 cm³/mol. The fourth-order valence-electron chi connectivity index (χ4n) is 4.09. The quantitative estimate of drug-likeness (QED) is 0.572. The number of hydrogen-bond donors (Lipinski definition) is 1. The summed E-state index contributed by atoms with van der Waals surface area (Å²) in [5, 5.41) is 10.2. The molecule has 6 nitrogen and oxygen atoms in total. The van der Waals surface area contributed by atoms with E-state index in [9.17, 15) is 14.7 Å². The SMILES string of the molecule is COc1cc(C(=O)O)ccc1Cn1ccc2ccc(C(=O)OCC3CCCC3)cc21. The number of aromatic carboxylic acids is 1. The van der Waals surface area contributed by atoms with E-state index in [0.717, 1.165) is 29.3 Å². The van der Waals surface area contributed by atoms with Crippen molar-refractivity contribution < 1.29 is 24.2 Å². The van der Waals surface area contributed by atoms with E-state index in [1.807, 2.05) is 29.0 Å². The number of fused-ring (bicyclic) bond motifs is 1. The van der Waals surface area contributed by atoms with Crippen molar-refractivity contribution in [3.8, 4) is 5.75 Å². The molecular weight excluding hydrogens is 382 g/mol. The molecule has 1 saturated carbocycles. The van der Waals surface area contributed by atoms with Crippen LogP contribution in [0.3, 0.4) is 0 Å². The second-order valence-electron chi connectivity index (χ2n) is 7.80. The van der Waals surface area contributed by atoms with E-state index in [0.29, 0.717) is 30.4 Å². The standard InChI is InChI=1S/C24H25NO5/c1-29-22-13-18(23(26)27)7-9-20(22)14-25-11-10-17-6-8-19(12-21(17)25)24(28)30-15-16-4-2-3-5-16/h6-13,16H,2-5,14-15H2,1H3,(H,26,27). The monoisotopic (exact) mass is 407 g/mol. The zero-order valence-electron chi connectivity index (χ0n) is 17.0. The number of esters is 1. The first-order valence-corrected chi connectivity index (χ1v) is 10.2. The lowest BCUT2D eigenvalue weighted by Gasteiger charge is -2.12. The Morgan fingerprint density at radius 1 is 1.07 bits per heavy atom. The van der Waals surface area contributed by atoms with Crippen molar-refractivity contribution in [3.05, 3.63) is 65.4 Å². The number of carbonyl (C=O) groups is 2. The molecule has 0 aliphatic heterocycles. The summed E-state index contributed by atoms with van der Waals surface area (Å²) in [7, 11) is 1.52. The first-order valence-electron chi connectivity index (χ1n) is 10.2. The zero-order valence-corrected chi connectivity index (χ0v) is 17.0. The van der Waals surface area contributed by atoms with Gasteiger partial charge in [0.15, 0.2) is 0 Å². The second-order valence-corrected chi connectivity index (χ2v) is 7.80. The normalized spacial score (nSPS) is 14.2. The van der Waals surface area contributed by atoms with Gasteiger partial charge in [0.25, 0.3) is 0 Å². The molecule has 0 saturated heterocycles. The summed E-state index contributed by atoms with van der Waals surface area (Å²) < 4.78 is 12.9. The third kappa shape index (κ3) is 4.17. The smallest absolute Gasteiger partial charge is 0.338 e. The molecular formula is C24H25NO5. The Morgan fingerprint density at radius 2 is 1.83 bits per heavy atom. The number of nitrogens with zero attached hydrogens (tertiary/aromatic N) is 1. The lowest BCUT2D eigenvalue weighted by atomic mass is 10.1. The number of hydrogen-bond acceptors (Lipinski definition) is 4. The van der Waals surface area contributed by atoms with Gasteiger partial charge < -0.3 is 19.1 Å². The van der Waals surface area contributed by atoms with Crippen LogP contribution in [-0.4, -0.2) is 35.3 Å². The summed E-state index contributed by atoms with van der Waals surface area (Å²) in [6.07, 6.45) is 6.66. The average Bonchev–Trinajstić information content (AvgIpc) is 3.42. The lowest BCUT2D eigenvalue weighted by molar-refractivity contribution is 0.0442. The minimum absolute atomic E-state index is 0.181. The van der Waals surface area contributed by atoms with E-state index in [2.05, 4.69) is 0 Å². The number of ether oxygens (including phenoxy) is 2. The van der Waals surface area contributed by atoms with Crippen LogP contribution >= 0.6 is 0 Å². The van der Waals surface area contributed by atoms with E-state index < -0.39 is 5.97 Å². The Hall–Kier alpha value is -3.28. The highest BCUT2D eigenvalue weighted by atomic mass is 16.5. The van der Waals surface area contributed by atoms with Crippen molar-refractivity contribution in [1.82, 2.24) is 4.57 Å². The molecule has 1 N–H and O–H groups in total. The van der Waals surface area contributed by atoms with E-state index in [-0.39, 0.29) is 11.5 Å². The first kappa shape index (κ1) is 20.0. The highest BCUT2D eigenvalue weighted by Crippen LogP contribution is 2.27. The molecule has 1 aliphatic carbocycles. The van der Waals surface area contributed by atoms with Gasteiger partial charge in [0.1, 0.15) is 5.75 Å². The molecule has 0 radical (unpaired) electrons.